The molecule has 0 aliphatic heterocycles. The largest absolute Gasteiger partial charge is 0.573 e. The number of ether oxygens (including phenoxy) is 1. The van der Waals surface area contributed by atoms with Gasteiger partial charge in [0.25, 0.3) is 0 Å². The van der Waals surface area contributed by atoms with Crippen LogP contribution in [0.1, 0.15) is 19.3 Å². The lowest BCUT2D eigenvalue weighted by Crippen LogP contribution is -2.21. The van der Waals surface area contributed by atoms with Crippen molar-refractivity contribution in [1.29, 1.82) is 0 Å². The van der Waals surface area contributed by atoms with E-state index in [0.29, 0.717) is 11.6 Å². The summed E-state index contributed by atoms with van der Waals surface area (Å²) >= 11 is 0. The van der Waals surface area contributed by atoms with E-state index in [-0.39, 0.29) is 5.75 Å². The van der Waals surface area contributed by atoms with Crippen LogP contribution >= 0.6 is 0 Å². The van der Waals surface area contributed by atoms with Gasteiger partial charge in [0.05, 0.1) is 0 Å². The SMILES string of the molecule is FC(F)(F)Oc1cccc(NCC2CCC2)c1. The van der Waals surface area contributed by atoms with Crippen LogP contribution in [0, 0.1) is 5.92 Å². The fourth-order valence-electron chi connectivity index (χ4n) is 1.76. The van der Waals surface area contributed by atoms with Crippen molar-refractivity contribution in [2.75, 3.05) is 11.9 Å². The third-order valence-electron chi connectivity index (χ3n) is 2.89. The molecule has 0 radical (unpaired) electrons. The summed E-state index contributed by atoms with van der Waals surface area (Å²) in [5.74, 6) is 0.471. The smallest absolute Gasteiger partial charge is 0.406 e. The highest BCUT2D eigenvalue weighted by atomic mass is 19.4. The van der Waals surface area contributed by atoms with Gasteiger partial charge in [0.15, 0.2) is 0 Å². The summed E-state index contributed by atoms with van der Waals surface area (Å²) in [6.45, 7) is 0.815. The predicted octanol–water partition coefficient (Wildman–Crippen LogP) is 3.80. The summed E-state index contributed by atoms with van der Waals surface area (Å²) in [7, 11) is 0. The molecule has 1 aromatic rings. The summed E-state index contributed by atoms with van der Waals surface area (Å²) in [4.78, 5) is 0. The minimum atomic E-state index is -4.63. The molecule has 1 fully saturated rings. The van der Waals surface area contributed by atoms with Crippen LogP contribution in [0.2, 0.25) is 0 Å². The Bertz CT molecular complexity index is 374. The molecule has 0 atom stereocenters. The standard InChI is InChI=1S/C12H14F3NO/c13-12(14,15)17-11-6-2-5-10(7-11)16-8-9-3-1-4-9/h2,5-7,9,16H,1,3-4,8H2. The first kappa shape index (κ1) is 12.1. The predicted molar refractivity (Wildman–Crippen MR) is 59.0 cm³/mol. The van der Waals surface area contributed by atoms with Crippen LogP contribution < -0.4 is 10.1 Å². The molecule has 94 valence electrons. The van der Waals surface area contributed by atoms with Gasteiger partial charge >= 0.3 is 6.36 Å². The van der Waals surface area contributed by atoms with Gasteiger partial charge in [-0.2, -0.15) is 0 Å². The first-order chi connectivity index (χ1) is 8.03. The summed E-state index contributed by atoms with van der Waals surface area (Å²) in [6, 6.07) is 5.94. The Hall–Kier alpha value is -1.39. The van der Waals surface area contributed by atoms with Crippen molar-refractivity contribution in [3.63, 3.8) is 0 Å². The summed E-state index contributed by atoms with van der Waals surface area (Å²) < 4.78 is 39.9. The van der Waals surface area contributed by atoms with Crippen molar-refractivity contribution < 1.29 is 17.9 Å². The molecule has 1 N–H and O–H groups in total. The molecule has 0 amide bonds. The molecule has 1 aliphatic carbocycles. The Balaban J connectivity index is 1.91. The first-order valence-corrected chi connectivity index (χ1v) is 5.62. The number of anilines is 1. The van der Waals surface area contributed by atoms with Crippen LogP contribution in [0.15, 0.2) is 24.3 Å². The van der Waals surface area contributed by atoms with Crippen LogP contribution in [-0.4, -0.2) is 12.9 Å². The third-order valence-corrected chi connectivity index (χ3v) is 2.89. The van der Waals surface area contributed by atoms with E-state index in [4.69, 9.17) is 0 Å². The van der Waals surface area contributed by atoms with Crippen molar-refractivity contribution in [3.8, 4) is 5.75 Å². The van der Waals surface area contributed by atoms with E-state index in [1.165, 1.54) is 31.4 Å². The number of hydrogen-bond donors (Lipinski definition) is 1. The average molecular weight is 245 g/mol. The number of hydrogen-bond acceptors (Lipinski definition) is 2. The van der Waals surface area contributed by atoms with E-state index < -0.39 is 6.36 Å². The topological polar surface area (TPSA) is 21.3 Å². The Morgan fingerprint density at radius 3 is 2.65 bits per heavy atom. The Morgan fingerprint density at radius 1 is 1.29 bits per heavy atom. The van der Waals surface area contributed by atoms with Gasteiger partial charge in [0.1, 0.15) is 5.75 Å². The van der Waals surface area contributed by atoms with Gasteiger partial charge in [-0.3, -0.25) is 0 Å². The Morgan fingerprint density at radius 2 is 2.06 bits per heavy atom. The number of alkyl halides is 3. The van der Waals surface area contributed by atoms with E-state index in [9.17, 15) is 13.2 Å². The monoisotopic (exact) mass is 245 g/mol. The van der Waals surface area contributed by atoms with Crippen molar-refractivity contribution >= 4 is 5.69 Å². The number of halogens is 3. The molecule has 1 saturated carbocycles. The molecule has 5 heteroatoms. The van der Waals surface area contributed by atoms with E-state index in [0.717, 1.165) is 6.54 Å². The van der Waals surface area contributed by atoms with Crippen molar-refractivity contribution in [1.82, 2.24) is 0 Å². The van der Waals surface area contributed by atoms with E-state index >= 15 is 0 Å². The summed E-state index contributed by atoms with van der Waals surface area (Å²) in [6.07, 6.45) is -0.979. The first-order valence-electron chi connectivity index (χ1n) is 5.62. The molecular weight excluding hydrogens is 231 g/mol. The lowest BCUT2D eigenvalue weighted by Gasteiger charge is -2.25. The molecule has 0 heterocycles. The number of benzene rings is 1. The molecule has 2 nitrogen and oxygen atoms in total. The summed E-state index contributed by atoms with van der Waals surface area (Å²) in [5.41, 5.74) is 0.665. The minimum absolute atomic E-state index is 0.184. The van der Waals surface area contributed by atoms with Gasteiger partial charge in [-0.05, 0) is 30.9 Å². The highest BCUT2D eigenvalue weighted by Crippen LogP contribution is 2.28. The van der Waals surface area contributed by atoms with Gasteiger partial charge in [-0.1, -0.05) is 12.5 Å². The molecule has 0 unspecified atom stereocenters. The average Bonchev–Trinajstić information content (AvgIpc) is 2.13. The van der Waals surface area contributed by atoms with Gasteiger partial charge in [-0.25, -0.2) is 0 Å². The van der Waals surface area contributed by atoms with Gasteiger partial charge in [-0.15, -0.1) is 13.2 Å². The second kappa shape index (κ2) is 4.85. The molecule has 17 heavy (non-hydrogen) atoms. The Labute approximate surface area is 97.8 Å². The van der Waals surface area contributed by atoms with Crippen LogP contribution in [0.4, 0.5) is 18.9 Å². The van der Waals surface area contributed by atoms with Crippen molar-refractivity contribution in [2.45, 2.75) is 25.6 Å². The second-order valence-electron chi connectivity index (χ2n) is 4.25. The fraction of sp³-hybridized carbons (Fsp3) is 0.500. The molecule has 0 saturated heterocycles. The van der Waals surface area contributed by atoms with Crippen LogP contribution in [0.5, 0.6) is 5.75 Å². The lowest BCUT2D eigenvalue weighted by atomic mass is 9.85. The maximum atomic E-state index is 12.0. The Kier molecular flexibility index (Phi) is 3.45. The molecule has 0 spiro atoms. The molecule has 1 aromatic carbocycles. The molecule has 0 aromatic heterocycles. The zero-order valence-electron chi connectivity index (χ0n) is 9.26. The lowest BCUT2D eigenvalue weighted by molar-refractivity contribution is -0.274. The van der Waals surface area contributed by atoms with Crippen LogP contribution in [-0.2, 0) is 0 Å². The fourth-order valence-corrected chi connectivity index (χ4v) is 1.76. The number of nitrogens with one attached hydrogen (secondary N) is 1. The van der Waals surface area contributed by atoms with Crippen LogP contribution in [0.25, 0.3) is 0 Å². The molecule has 2 rings (SSSR count). The van der Waals surface area contributed by atoms with Crippen molar-refractivity contribution in [3.05, 3.63) is 24.3 Å². The maximum Gasteiger partial charge on any atom is 0.573 e. The highest BCUT2D eigenvalue weighted by Gasteiger charge is 2.31. The van der Waals surface area contributed by atoms with Crippen molar-refractivity contribution in [2.24, 2.45) is 5.92 Å². The molecule has 0 bridgehead atoms. The molecule has 1 aliphatic rings. The zero-order valence-corrected chi connectivity index (χ0v) is 9.26. The van der Waals surface area contributed by atoms with E-state index in [1.54, 1.807) is 12.1 Å². The maximum absolute atomic E-state index is 12.0. The third kappa shape index (κ3) is 3.84. The van der Waals surface area contributed by atoms with Crippen LogP contribution in [0.3, 0.4) is 0 Å². The minimum Gasteiger partial charge on any atom is -0.406 e. The van der Waals surface area contributed by atoms with Gasteiger partial charge in [0, 0.05) is 18.3 Å². The van der Waals surface area contributed by atoms with E-state index in [2.05, 4.69) is 10.1 Å². The highest BCUT2D eigenvalue weighted by molar-refractivity contribution is 5.48. The summed E-state index contributed by atoms with van der Waals surface area (Å²) in [5, 5.41) is 3.13. The number of rotatable bonds is 4. The molecular formula is C12H14F3NO. The van der Waals surface area contributed by atoms with E-state index in [1.807, 2.05) is 0 Å². The zero-order chi connectivity index (χ0) is 12.3. The quantitative estimate of drug-likeness (QED) is 0.871. The normalized spacial score (nSPS) is 16.4. The van der Waals surface area contributed by atoms with Gasteiger partial charge < -0.3 is 10.1 Å². The van der Waals surface area contributed by atoms with Gasteiger partial charge in [0.2, 0.25) is 0 Å². The second-order valence-corrected chi connectivity index (χ2v) is 4.25.